The maximum absolute atomic E-state index is 11.7. The molecule has 0 aromatic carbocycles. The summed E-state index contributed by atoms with van der Waals surface area (Å²) in [5, 5.41) is 3.19. The number of nitrogens with zero attached hydrogens (tertiary/aromatic N) is 2. The summed E-state index contributed by atoms with van der Waals surface area (Å²) in [5.41, 5.74) is 0. The van der Waals surface area contributed by atoms with Gasteiger partial charge in [0, 0.05) is 19.1 Å². The molecule has 5 heteroatoms. The van der Waals surface area contributed by atoms with E-state index in [0.29, 0.717) is 6.04 Å². The first kappa shape index (κ1) is 15.4. The van der Waals surface area contributed by atoms with E-state index in [-0.39, 0.29) is 12.0 Å². The molecule has 2 atom stereocenters. The molecule has 106 valence electrons. The molecule has 0 aliphatic carbocycles. The predicted octanol–water partition coefficient (Wildman–Crippen LogP) is 0.164. The molecule has 0 bridgehead atoms. The molecule has 2 unspecified atom stereocenters. The fourth-order valence-electron chi connectivity index (χ4n) is 2.49. The number of methoxy groups -OCH3 is 1. The molecule has 1 aliphatic heterocycles. The number of nitrogens with one attached hydrogen (secondary N) is 1. The zero-order valence-corrected chi connectivity index (χ0v) is 12.1. The van der Waals surface area contributed by atoms with Crippen LogP contribution in [0.2, 0.25) is 0 Å². The van der Waals surface area contributed by atoms with E-state index >= 15 is 0 Å². The lowest BCUT2D eigenvalue weighted by Gasteiger charge is -2.37. The molecular weight excluding hydrogens is 230 g/mol. The molecule has 0 amide bonds. The van der Waals surface area contributed by atoms with Gasteiger partial charge in [0.2, 0.25) is 0 Å². The van der Waals surface area contributed by atoms with E-state index in [0.717, 1.165) is 26.2 Å². The zero-order valence-electron chi connectivity index (χ0n) is 12.1. The summed E-state index contributed by atoms with van der Waals surface area (Å²) in [4.78, 5) is 16.3. The van der Waals surface area contributed by atoms with Crippen molar-refractivity contribution >= 4 is 5.97 Å². The summed E-state index contributed by atoms with van der Waals surface area (Å²) in [6, 6.07) is 0.389. The average molecular weight is 257 g/mol. The third-order valence-corrected chi connectivity index (χ3v) is 3.59. The van der Waals surface area contributed by atoms with E-state index in [9.17, 15) is 4.79 Å². The normalized spacial score (nSPS) is 23.1. The Hall–Kier alpha value is -0.650. The van der Waals surface area contributed by atoms with Crippen LogP contribution in [0.25, 0.3) is 0 Å². The number of piperidine rings is 1. The zero-order chi connectivity index (χ0) is 13.5. The van der Waals surface area contributed by atoms with Crippen LogP contribution in [0.5, 0.6) is 0 Å². The minimum Gasteiger partial charge on any atom is -0.468 e. The van der Waals surface area contributed by atoms with Gasteiger partial charge in [-0.25, -0.2) is 0 Å². The Labute approximate surface area is 110 Å². The van der Waals surface area contributed by atoms with Crippen molar-refractivity contribution in [3.05, 3.63) is 0 Å². The molecule has 1 N–H and O–H groups in total. The van der Waals surface area contributed by atoms with E-state index in [1.165, 1.54) is 20.0 Å². The number of rotatable bonds is 6. The van der Waals surface area contributed by atoms with Crippen LogP contribution in [0.15, 0.2) is 0 Å². The number of likely N-dealkylation sites (N-methyl/N-ethyl adjacent to an activating group) is 2. The summed E-state index contributed by atoms with van der Waals surface area (Å²) in [7, 11) is 5.69. The molecule has 0 radical (unpaired) electrons. The van der Waals surface area contributed by atoms with E-state index < -0.39 is 0 Å². The molecule has 1 aliphatic rings. The van der Waals surface area contributed by atoms with Crippen LogP contribution in [-0.2, 0) is 9.53 Å². The number of esters is 1. The monoisotopic (exact) mass is 257 g/mol. The largest absolute Gasteiger partial charge is 0.468 e. The van der Waals surface area contributed by atoms with Crippen molar-refractivity contribution < 1.29 is 9.53 Å². The Morgan fingerprint density at radius 1 is 1.56 bits per heavy atom. The predicted molar refractivity (Wildman–Crippen MR) is 72.6 cm³/mol. The molecule has 5 nitrogen and oxygen atoms in total. The van der Waals surface area contributed by atoms with Crippen molar-refractivity contribution in [3.63, 3.8) is 0 Å². The molecule has 1 saturated heterocycles. The highest BCUT2D eigenvalue weighted by molar-refractivity contribution is 5.75. The minimum atomic E-state index is -0.207. The SMILES string of the molecule is CCNC(CN1CCCC(N(C)C)C1)C(=O)OC. The molecule has 1 fully saturated rings. The minimum absolute atomic E-state index is 0.163. The van der Waals surface area contributed by atoms with Gasteiger partial charge in [0.1, 0.15) is 6.04 Å². The van der Waals surface area contributed by atoms with Gasteiger partial charge in [-0.15, -0.1) is 0 Å². The van der Waals surface area contributed by atoms with Crippen LogP contribution in [0.3, 0.4) is 0 Å². The van der Waals surface area contributed by atoms with Gasteiger partial charge in [-0.3, -0.25) is 9.69 Å². The van der Waals surface area contributed by atoms with Gasteiger partial charge in [0.05, 0.1) is 7.11 Å². The summed E-state index contributed by atoms with van der Waals surface area (Å²) < 4.78 is 4.84. The second-order valence-corrected chi connectivity index (χ2v) is 5.15. The smallest absolute Gasteiger partial charge is 0.324 e. The van der Waals surface area contributed by atoms with Gasteiger partial charge in [-0.2, -0.15) is 0 Å². The van der Waals surface area contributed by atoms with Gasteiger partial charge in [0.25, 0.3) is 0 Å². The Bertz CT molecular complexity index is 259. The van der Waals surface area contributed by atoms with Gasteiger partial charge in [0.15, 0.2) is 0 Å². The van der Waals surface area contributed by atoms with Crippen molar-refractivity contribution in [2.24, 2.45) is 0 Å². The summed E-state index contributed by atoms with van der Waals surface area (Å²) in [5.74, 6) is -0.163. The summed E-state index contributed by atoms with van der Waals surface area (Å²) in [6.45, 7) is 5.64. The number of carbonyl (C=O) groups excluding carboxylic acids is 1. The topological polar surface area (TPSA) is 44.8 Å². The van der Waals surface area contributed by atoms with E-state index in [1.54, 1.807) is 0 Å². The lowest BCUT2D eigenvalue weighted by Crippen LogP contribution is -2.52. The van der Waals surface area contributed by atoms with Crippen molar-refractivity contribution in [2.75, 3.05) is 47.4 Å². The van der Waals surface area contributed by atoms with Crippen LogP contribution in [-0.4, -0.2) is 75.2 Å². The van der Waals surface area contributed by atoms with Crippen molar-refractivity contribution in [3.8, 4) is 0 Å². The van der Waals surface area contributed by atoms with E-state index in [1.807, 2.05) is 6.92 Å². The van der Waals surface area contributed by atoms with Gasteiger partial charge >= 0.3 is 5.97 Å². The number of likely N-dealkylation sites (tertiary alicyclic amines) is 1. The third-order valence-electron chi connectivity index (χ3n) is 3.59. The standard InChI is InChI=1S/C13H27N3O2/c1-5-14-12(13(17)18-4)10-16-8-6-7-11(9-16)15(2)3/h11-12,14H,5-10H2,1-4H3. The van der Waals surface area contributed by atoms with Gasteiger partial charge < -0.3 is 15.0 Å². The second-order valence-electron chi connectivity index (χ2n) is 5.15. The van der Waals surface area contributed by atoms with Crippen LogP contribution >= 0.6 is 0 Å². The Morgan fingerprint density at radius 3 is 2.83 bits per heavy atom. The van der Waals surface area contributed by atoms with E-state index in [2.05, 4.69) is 29.2 Å². The second kappa shape index (κ2) is 7.71. The summed E-state index contributed by atoms with van der Waals surface area (Å²) in [6.07, 6.45) is 2.44. The molecule has 1 heterocycles. The van der Waals surface area contributed by atoms with Crippen molar-refractivity contribution in [1.29, 1.82) is 0 Å². The van der Waals surface area contributed by atoms with Gasteiger partial charge in [-0.1, -0.05) is 6.92 Å². The van der Waals surface area contributed by atoms with Crippen LogP contribution < -0.4 is 5.32 Å². The third kappa shape index (κ3) is 4.55. The highest BCUT2D eigenvalue weighted by Crippen LogP contribution is 2.14. The number of carbonyl (C=O) groups is 1. The molecular formula is C13H27N3O2. The molecule has 0 aromatic heterocycles. The number of ether oxygens (including phenoxy) is 1. The number of hydrogen-bond donors (Lipinski definition) is 1. The maximum Gasteiger partial charge on any atom is 0.324 e. The molecule has 0 saturated carbocycles. The van der Waals surface area contributed by atoms with Crippen LogP contribution in [0, 0.1) is 0 Å². The molecule has 0 aromatic rings. The highest BCUT2D eigenvalue weighted by Gasteiger charge is 2.26. The quantitative estimate of drug-likeness (QED) is 0.687. The molecule has 1 rings (SSSR count). The highest BCUT2D eigenvalue weighted by atomic mass is 16.5. The van der Waals surface area contributed by atoms with Crippen LogP contribution in [0.1, 0.15) is 19.8 Å². The lowest BCUT2D eigenvalue weighted by molar-refractivity contribution is -0.143. The Balaban J connectivity index is 2.50. The lowest BCUT2D eigenvalue weighted by atomic mass is 10.0. The van der Waals surface area contributed by atoms with Gasteiger partial charge in [-0.05, 0) is 40.0 Å². The van der Waals surface area contributed by atoms with Crippen molar-refractivity contribution in [1.82, 2.24) is 15.1 Å². The first-order chi connectivity index (χ1) is 8.58. The van der Waals surface area contributed by atoms with Crippen molar-refractivity contribution in [2.45, 2.75) is 31.8 Å². The Morgan fingerprint density at radius 2 is 2.28 bits per heavy atom. The first-order valence-corrected chi connectivity index (χ1v) is 6.78. The first-order valence-electron chi connectivity index (χ1n) is 6.78. The maximum atomic E-state index is 11.7. The Kier molecular flexibility index (Phi) is 6.60. The van der Waals surface area contributed by atoms with Crippen LogP contribution in [0.4, 0.5) is 0 Å². The molecule has 0 spiro atoms. The fourth-order valence-corrected chi connectivity index (χ4v) is 2.49. The van der Waals surface area contributed by atoms with E-state index in [4.69, 9.17) is 4.74 Å². The average Bonchev–Trinajstić information content (AvgIpc) is 2.37. The molecule has 18 heavy (non-hydrogen) atoms. The summed E-state index contributed by atoms with van der Waals surface area (Å²) >= 11 is 0. The fraction of sp³-hybridized carbons (Fsp3) is 0.923. The number of hydrogen-bond acceptors (Lipinski definition) is 5.